The fourth-order valence-electron chi connectivity index (χ4n) is 9.15. The van der Waals surface area contributed by atoms with Crippen LogP contribution in [0.2, 0.25) is 0 Å². The SMILES string of the molecule is c1ccc(-c2ccccc2-c2cccc(N(c3ccc(-c4ccccc4)c(-c4ccccc4)c3)c3ccc4c5ccccc5n(-c5ccccc5-c5ccccc5)c4c3)c2)cc1. The van der Waals surface area contributed by atoms with E-state index in [0.29, 0.717) is 0 Å². The molecule has 292 valence electrons. The summed E-state index contributed by atoms with van der Waals surface area (Å²) < 4.78 is 2.45. The zero-order chi connectivity index (χ0) is 41.2. The molecule has 0 N–H and O–H groups in total. The highest BCUT2D eigenvalue weighted by atomic mass is 15.1. The van der Waals surface area contributed by atoms with Gasteiger partial charge >= 0.3 is 0 Å². The minimum Gasteiger partial charge on any atom is -0.310 e. The maximum absolute atomic E-state index is 2.45. The molecule has 0 atom stereocenters. The quantitative estimate of drug-likeness (QED) is 0.141. The molecule has 0 fully saturated rings. The Kier molecular flexibility index (Phi) is 9.57. The van der Waals surface area contributed by atoms with Crippen LogP contribution in [0.15, 0.2) is 255 Å². The molecule has 0 aliphatic heterocycles. The summed E-state index contributed by atoms with van der Waals surface area (Å²) in [6, 6.07) is 92.1. The molecule has 11 rings (SSSR count). The van der Waals surface area contributed by atoms with Crippen molar-refractivity contribution < 1.29 is 0 Å². The van der Waals surface area contributed by atoms with E-state index in [9.17, 15) is 0 Å². The van der Waals surface area contributed by atoms with Gasteiger partial charge in [0.2, 0.25) is 0 Å². The second-order valence-corrected chi connectivity index (χ2v) is 15.7. The van der Waals surface area contributed by atoms with Crippen molar-refractivity contribution in [1.29, 1.82) is 0 Å². The van der Waals surface area contributed by atoms with E-state index in [1.807, 2.05) is 0 Å². The first kappa shape index (κ1) is 36.8. The predicted molar refractivity (Wildman–Crippen MR) is 263 cm³/mol. The van der Waals surface area contributed by atoms with Crippen molar-refractivity contribution in [3.05, 3.63) is 255 Å². The van der Waals surface area contributed by atoms with Crippen molar-refractivity contribution >= 4 is 38.9 Å². The summed E-state index contributed by atoms with van der Waals surface area (Å²) >= 11 is 0. The van der Waals surface area contributed by atoms with Gasteiger partial charge in [-0.05, 0) is 98.6 Å². The van der Waals surface area contributed by atoms with Crippen LogP contribution < -0.4 is 4.90 Å². The topological polar surface area (TPSA) is 8.17 Å². The van der Waals surface area contributed by atoms with Crippen LogP contribution in [-0.2, 0) is 0 Å². The summed E-state index contributed by atoms with van der Waals surface area (Å²) in [7, 11) is 0. The number of fused-ring (bicyclic) bond motifs is 3. The van der Waals surface area contributed by atoms with E-state index in [-0.39, 0.29) is 0 Å². The Labute approximate surface area is 362 Å². The monoisotopic (exact) mass is 790 g/mol. The maximum Gasteiger partial charge on any atom is 0.0562 e. The second-order valence-electron chi connectivity index (χ2n) is 15.7. The van der Waals surface area contributed by atoms with E-state index < -0.39 is 0 Å². The highest BCUT2D eigenvalue weighted by Crippen LogP contribution is 2.45. The molecule has 1 heterocycles. The Bertz CT molecular complexity index is 3330. The molecule has 0 spiro atoms. The zero-order valence-electron chi connectivity index (χ0n) is 34.1. The maximum atomic E-state index is 2.45. The van der Waals surface area contributed by atoms with Gasteiger partial charge in [-0.3, -0.25) is 0 Å². The molecule has 0 radical (unpaired) electrons. The highest BCUT2D eigenvalue weighted by molar-refractivity contribution is 6.11. The first-order valence-electron chi connectivity index (χ1n) is 21.3. The smallest absolute Gasteiger partial charge is 0.0562 e. The lowest BCUT2D eigenvalue weighted by atomic mass is 9.93. The van der Waals surface area contributed by atoms with Crippen LogP contribution in [0.3, 0.4) is 0 Å². The molecular weight excluding hydrogens is 749 g/mol. The van der Waals surface area contributed by atoms with E-state index in [4.69, 9.17) is 0 Å². The number of rotatable bonds is 9. The van der Waals surface area contributed by atoms with Gasteiger partial charge in [-0.2, -0.15) is 0 Å². The Balaban J connectivity index is 1.16. The van der Waals surface area contributed by atoms with E-state index in [2.05, 4.69) is 264 Å². The van der Waals surface area contributed by atoms with Gasteiger partial charge in [-0.1, -0.05) is 206 Å². The third-order valence-electron chi connectivity index (χ3n) is 12.0. The second kappa shape index (κ2) is 16.1. The summed E-state index contributed by atoms with van der Waals surface area (Å²) in [5.41, 5.74) is 18.5. The minimum absolute atomic E-state index is 1.07. The van der Waals surface area contributed by atoms with Gasteiger partial charge in [-0.25, -0.2) is 0 Å². The van der Waals surface area contributed by atoms with E-state index in [1.165, 1.54) is 66.4 Å². The third kappa shape index (κ3) is 6.74. The number of aromatic nitrogens is 1. The van der Waals surface area contributed by atoms with Crippen LogP contribution in [0.1, 0.15) is 0 Å². The van der Waals surface area contributed by atoms with E-state index >= 15 is 0 Å². The predicted octanol–water partition coefficient (Wildman–Crippen LogP) is 16.6. The number of hydrogen-bond donors (Lipinski definition) is 0. The molecular formula is C60H42N2. The van der Waals surface area contributed by atoms with Gasteiger partial charge in [-0.15, -0.1) is 0 Å². The van der Waals surface area contributed by atoms with Crippen molar-refractivity contribution in [1.82, 2.24) is 4.57 Å². The zero-order valence-corrected chi connectivity index (χ0v) is 34.1. The molecule has 0 unspecified atom stereocenters. The lowest BCUT2D eigenvalue weighted by molar-refractivity contribution is 1.18. The van der Waals surface area contributed by atoms with Gasteiger partial charge in [0, 0.05) is 33.4 Å². The van der Waals surface area contributed by atoms with Gasteiger partial charge in [0.05, 0.1) is 16.7 Å². The fraction of sp³-hybridized carbons (Fsp3) is 0. The van der Waals surface area contributed by atoms with Crippen LogP contribution in [-0.4, -0.2) is 4.57 Å². The average molecular weight is 791 g/mol. The Morgan fingerprint density at radius 2 is 0.677 bits per heavy atom. The van der Waals surface area contributed by atoms with Crippen molar-refractivity contribution in [2.45, 2.75) is 0 Å². The summed E-state index contributed by atoms with van der Waals surface area (Å²) in [4.78, 5) is 2.43. The van der Waals surface area contributed by atoms with Crippen LogP contribution in [0.25, 0.3) is 83.1 Å². The first-order chi connectivity index (χ1) is 30.8. The molecule has 0 aliphatic rings. The summed E-state index contributed by atoms with van der Waals surface area (Å²) in [6.45, 7) is 0. The van der Waals surface area contributed by atoms with Crippen LogP contribution in [0.5, 0.6) is 0 Å². The molecule has 62 heavy (non-hydrogen) atoms. The summed E-state index contributed by atoms with van der Waals surface area (Å²) in [5.74, 6) is 0. The molecule has 2 heteroatoms. The van der Waals surface area contributed by atoms with E-state index in [0.717, 1.165) is 33.8 Å². The lowest BCUT2D eigenvalue weighted by Gasteiger charge is -2.28. The van der Waals surface area contributed by atoms with Crippen molar-refractivity contribution in [2.24, 2.45) is 0 Å². The van der Waals surface area contributed by atoms with Gasteiger partial charge < -0.3 is 9.47 Å². The molecule has 11 aromatic rings. The van der Waals surface area contributed by atoms with Gasteiger partial charge in [0.15, 0.2) is 0 Å². The summed E-state index contributed by atoms with van der Waals surface area (Å²) in [6.07, 6.45) is 0. The van der Waals surface area contributed by atoms with Crippen LogP contribution >= 0.6 is 0 Å². The van der Waals surface area contributed by atoms with Crippen LogP contribution in [0.4, 0.5) is 17.1 Å². The van der Waals surface area contributed by atoms with Crippen molar-refractivity contribution in [2.75, 3.05) is 4.90 Å². The van der Waals surface area contributed by atoms with Gasteiger partial charge in [0.1, 0.15) is 0 Å². The standard InChI is InChI=1S/C60H42N2/c1-5-20-43(21-6-1)51-30-13-14-31-52(51)47-28-19-29-48(40-47)61(49-36-38-53(44-22-7-2-8-23-44)57(41-49)46-26-11-4-12-27-46)50-37-39-56-55-33-16-18-35-59(55)62(60(56)42-50)58-34-17-15-32-54(58)45-24-9-3-10-25-45/h1-42H. The molecule has 0 aliphatic carbocycles. The largest absolute Gasteiger partial charge is 0.310 e. The van der Waals surface area contributed by atoms with Crippen molar-refractivity contribution in [3.8, 4) is 61.3 Å². The molecule has 2 nitrogen and oxygen atoms in total. The third-order valence-corrected chi connectivity index (χ3v) is 12.0. The lowest BCUT2D eigenvalue weighted by Crippen LogP contribution is -2.11. The Morgan fingerprint density at radius 1 is 0.242 bits per heavy atom. The Hall–Kier alpha value is -8.20. The number of anilines is 3. The van der Waals surface area contributed by atoms with E-state index in [1.54, 1.807) is 0 Å². The first-order valence-corrected chi connectivity index (χ1v) is 21.3. The normalized spacial score (nSPS) is 11.2. The van der Waals surface area contributed by atoms with Crippen LogP contribution in [0, 0.1) is 0 Å². The highest BCUT2D eigenvalue weighted by Gasteiger charge is 2.21. The number of nitrogens with zero attached hydrogens (tertiary/aromatic N) is 2. The number of hydrogen-bond acceptors (Lipinski definition) is 1. The molecule has 10 aromatic carbocycles. The Morgan fingerprint density at radius 3 is 1.34 bits per heavy atom. The fourth-order valence-corrected chi connectivity index (χ4v) is 9.15. The molecule has 0 saturated carbocycles. The van der Waals surface area contributed by atoms with Gasteiger partial charge in [0.25, 0.3) is 0 Å². The average Bonchev–Trinajstić information content (AvgIpc) is 3.69. The number of para-hydroxylation sites is 2. The number of benzene rings is 10. The summed E-state index contributed by atoms with van der Waals surface area (Å²) in [5, 5.41) is 2.43. The minimum atomic E-state index is 1.07. The molecule has 0 saturated heterocycles. The molecule has 0 amide bonds. The molecule has 1 aromatic heterocycles. The van der Waals surface area contributed by atoms with Crippen molar-refractivity contribution in [3.63, 3.8) is 0 Å². The molecule has 0 bridgehead atoms.